The Morgan fingerprint density at radius 1 is 1.38 bits per heavy atom. The molecule has 2 aliphatic carbocycles. The van der Waals surface area contributed by atoms with Gasteiger partial charge in [-0.15, -0.1) is 0 Å². The van der Waals surface area contributed by atoms with Crippen LogP contribution in [0.1, 0.15) is 52.9 Å². The van der Waals surface area contributed by atoms with Gasteiger partial charge in [0.25, 0.3) is 0 Å². The molecule has 0 heterocycles. The lowest BCUT2D eigenvalue weighted by Crippen LogP contribution is -2.33. The van der Waals surface area contributed by atoms with E-state index >= 15 is 0 Å². The molecule has 16 heavy (non-hydrogen) atoms. The average Bonchev–Trinajstić information content (AvgIpc) is 2.38. The molecular formula is C15H26O. The third-order valence-corrected chi connectivity index (χ3v) is 5.11. The first-order valence-corrected chi connectivity index (χ1v) is 6.82. The summed E-state index contributed by atoms with van der Waals surface area (Å²) in [5.41, 5.74) is 0.969. The molecule has 1 N–H and O–H groups in total. The molecule has 0 unspecified atom stereocenters. The molecule has 0 aliphatic heterocycles. The fourth-order valence-electron chi connectivity index (χ4n) is 3.78. The van der Waals surface area contributed by atoms with Gasteiger partial charge < -0.3 is 5.11 Å². The quantitative estimate of drug-likeness (QED) is 0.669. The van der Waals surface area contributed by atoms with Crippen LogP contribution in [0.25, 0.3) is 0 Å². The lowest BCUT2D eigenvalue weighted by atomic mass is 9.77. The zero-order chi connectivity index (χ0) is 11.9. The van der Waals surface area contributed by atoms with Gasteiger partial charge in [0.15, 0.2) is 0 Å². The van der Waals surface area contributed by atoms with Gasteiger partial charge in [-0.1, -0.05) is 26.0 Å². The van der Waals surface area contributed by atoms with E-state index in [9.17, 15) is 5.11 Å². The van der Waals surface area contributed by atoms with Crippen LogP contribution in [-0.4, -0.2) is 10.7 Å². The maximum absolute atomic E-state index is 10.5. The number of aliphatic hydroxyl groups is 1. The summed E-state index contributed by atoms with van der Waals surface area (Å²) >= 11 is 0. The van der Waals surface area contributed by atoms with Crippen molar-refractivity contribution < 1.29 is 5.11 Å². The van der Waals surface area contributed by atoms with E-state index in [0.29, 0.717) is 11.8 Å². The molecule has 0 aromatic carbocycles. The Hall–Kier alpha value is -0.300. The number of rotatable bonds is 1. The van der Waals surface area contributed by atoms with E-state index < -0.39 is 5.60 Å². The minimum absolute atomic E-state index is 0.439. The molecule has 0 radical (unpaired) electrons. The maximum Gasteiger partial charge on any atom is 0.0653 e. The predicted molar refractivity (Wildman–Crippen MR) is 68.2 cm³/mol. The summed E-state index contributed by atoms with van der Waals surface area (Å²) in [6.07, 6.45) is 5.78. The molecule has 0 saturated heterocycles. The van der Waals surface area contributed by atoms with Crippen LogP contribution in [0.4, 0.5) is 0 Å². The van der Waals surface area contributed by atoms with Gasteiger partial charge in [0, 0.05) is 0 Å². The van der Waals surface area contributed by atoms with E-state index in [1.165, 1.54) is 24.8 Å². The van der Waals surface area contributed by atoms with Crippen LogP contribution in [-0.2, 0) is 0 Å². The van der Waals surface area contributed by atoms with Crippen molar-refractivity contribution in [2.75, 3.05) is 0 Å². The molecule has 0 bridgehead atoms. The SMILES string of the molecule is C=C1CC[C@@H](C(C)C)C[C@@H]2[C@H]1CC[C@@]2(C)O. The minimum Gasteiger partial charge on any atom is -0.390 e. The van der Waals surface area contributed by atoms with Crippen LogP contribution >= 0.6 is 0 Å². The molecule has 2 saturated carbocycles. The monoisotopic (exact) mass is 222 g/mol. The van der Waals surface area contributed by atoms with Crippen molar-refractivity contribution in [2.24, 2.45) is 23.7 Å². The van der Waals surface area contributed by atoms with Gasteiger partial charge in [-0.3, -0.25) is 0 Å². The van der Waals surface area contributed by atoms with E-state index in [2.05, 4.69) is 20.4 Å². The lowest BCUT2D eigenvalue weighted by Gasteiger charge is -2.31. The predicted octanol–water partition coefficient (Wildman–Crippen LogP) is 3.78. The van der Waals surface area contributed by atoms with Crippen LogP contribution in [0.5, 0.6) is 0 Å². The van der Waals surface area contributed by atoms with Gasteiger partial charge in [0.1, 0.15) is 0 Å². The zero-order valence-electron chi connectivity index (χ0n) is 11.0. The van der Waals surface area contributed by atoms with Crippen molar-refractivity contribution in [3.63, 3.8) is 0 Å². The van der Waals surface area contributed by atoms with Crippen molar-refractivity contribution in [1.82, 2.24) is 0 Å². The highest BCUT2D eigenvalue weighted by Gasteiger charge is 2.46. The first-order chi connectivity index (χ1) is 7.42. The van der Waals surface area contributed by atoms with Crippen molar-refractivity contribution in [3.05, 3.63) is 12.2 Å². The number of hydrogen-bond donors (Lipinski definition) is 1. The van der Waals surface area contributed by atoms with Crippen LogP contribution < -0.4 is 0 Å². The largest absolute Gasteiger partial charge is 0.390 e. The van der Waals surface area contributed by atoms with Gasteiger partial charge in [0.2, 0.25) is 0 Å². The third-order valence-electron chi connectivity index (χ3n) is 5.11. The lowest BCUT2D eigenvalue weighted by molar-refractivity contribution is 0.00268. The molecular weight excluding hydrogens is 196 g/mol. The van der Waals surface area contributed by atoms with E-state index in [-0.39, 0.29) is 0 Å². The summed E-state index contributed by atoms with van der Waals surface area (Å²) in [5, 5.41) is 10.5. The van der Waals surface area contributed by atoms with Crippen LogP contribution in [0.15, 0.2) is 12.2 Å². The summed E-state index contributed by atoms with van der Waals surface area (Å²) in [5.74, 6) is 2.58. The molecule has 0 aromatic heterocycles. The summed E-state index contributed by atoms with van der Waals surface area (Å²) in [6, 6.07) is 0. The normalized spacial score (nSPS) is 44.6. The highest BCUT2D eigenvalue weighted by Crippen LogP contribution is 2.50. The van der Waals surface area contributed by atoms with Crippen molar-refractivity contribution in [2.45, 2.75) is 58.5 Å². The number of fused-ring (bicyclic) bond motifs is 1. The summed E-state index contributed by atoms with van der Waals surface area (Å²) in [4.78, 5) is 0. The highest BCUT2D eigenvalue weighted by molar-refractivity contribution is 5.12. The van der Waals surface area contributed by atoms with E-state index in [1.54, 1.807) is 0 Å². The third kappa shape index (κ3) is 2.07. The Morgan fingerprint density at radius 3 is 2.69 bits per heavy atom. The molecule has 2 rings (SSSR count). The van der Waals surface area contributed by atoms with E-state index in [0.717, 1.165) is 24.7 Å². The van der Waals surface area contributed by atoms with Gasteiger partial charge in [-0.05, 0) is 62.7 Å². The fraction of sp³-hybridized carbons (Fsp3) is 0.867. The second-order valence-electron chi connectivity index (χ2n) is 6.55. The van der Waals surface area contributed by atoms with Gasteiger partial charge >= 0.3 is 0 Å². The van der Waals surface area contributed by atoms with Gasteiger partial charge in [-0.2, -0.15) is 0 Å². The molecule has 2 aliphatic rings. The van der Waals surface area contributed by atoms with Crippen molar-refractivity contribution in [3.8, 4) is 0 Å². The number of allylic oxidation sites excluding steroid dienone is 1. The maximum atomic E-state index is 10.5. The average molecular weight is 222 g/mol. The molecule has 0 aromatic rings. The molecule has 92 valence electrons. The minimum atomic E-state index is -0.439. The second-order valence-corrected chi connectivity index (χ2v) is 6.55. The second kappa shape index (κ2) is 4.18. The topological polar surface area (TPSA) is 20.2 Å². The molecule has 1 heteroatoms. The Labute approximate surface area is 99.9 Å². The van der Waals surface area contributed by atoms with Crippen LogP contribution in [0.2, 0.25) is 0 Å². The summed E-state index contributed by atoms with van der Waals surface area (Å²) < 4.78 is 0. The zero-order valence-corrected chi connectivity index (χ0v) is 11.0. The molecule has 0 amide bonds. The molecule has 0 spiro atoms. The first-order valence-electron chi connectivity index (χ1n) is 6.82. The van der Waals surface area contributed by atoms with Crippen molar-refractivity contribution in [1.29, 1.82) is 0 Å². The fourth-order valence-corrected chi connectivity index (χ4v) is 3.78. The first kappa shape index (κ1) is 12.2. The van der Waals surface area contributed by atoms with E-state index in [1.807, 2.05) is 6.92 Å². The highest BCUT2D eigenvalue weighted by atomic mass is 16.3. The summed E-state index contributed by atoms with van der Waals surface area (Å²) in [7, 11) is 0. The van der Waals surface area contributed by atoms with Gasteiger partial charge in [0.05, 0.1) is 5.60 Å². The molecule has 4 atom stereocenters. The Bertz CT molecular complexity index is 277. The van der Waals surface area contributed by atoms with E-state index in [4.69, 9.17) is 0 Å². The molecule has 2 fully saturated rings. The Kier molecular flexibility index (Phi) is 3.18. The summed E-state index contributed by atoms with van der Waals surface area (Å²) in [6.45, 7) is 10.9. The van der Waals surface area contributed by atoms with Crippen LogP contribution in [0, 0.1) is 23.7 Å². The Balaban J connectivity index is 2.20. The van der Waals surface area contributed by atoms with Crippen LogP contribution in [0.3, 0.4) is 0 Å². The van der Waals surface area contributed by atoms with Gasteiger partial charge in [-0.25, -0.2) is 0 Å². The Morgan fingerprint density at radius 2 is 2.06 bits per heavy atom. The smallest absolute Gasteiger partial charge is 0.0653 e. The molecule has 1 nitrogen and oxygen atoms in total. The number of hydrogen-bond acceptors (Lipinski definition) is 1. The standard InChI is InChI=1S/C15H26O/c1-10(2)12-6-5-11(3)13-7-8-15(4,16)14(13)9-12/h10,12-14,16H,3,5-9H2,1-2,4H3/t12-,13+,14-,15-/m1/s1. The van der Waals surface area contributed by atoms with Crippen molar-refractivity contribution >= 4 is 0 Å².